The summed E-state index contributed by atoms with van der Waals surface area (Å²) < 4.78 is 0. The van der Waals surface area contributed by atoms with Crippen molar-refractivity contribution in [3.05, 3.63) is 30.3 Å². The number of ketones is 1. The van der Waals surface area contributed by atoms with Gasteiger partial charge in [-0.2, -0.15) is 0 Å². The van der Waals surface area contributed by atoms with E-state index in [-0.39, 0.29) is 40.6 Å². The van der Waals surface area contributed by atoms with Crippen LogP contribution in [0.15, 0.2) is 35.2 Å². The molecule has 1 aliphatic heterocycles. The Hall–Kier alpha value is -3.08. The maximum atomic E-state index is 14.4. The molecule has 4 fully saturated rings. The normalized spacial score (nSPS) is 25.6. The molecule has 5 N–H and O–H groups in total. The van der Waals surface area contributed by atoms with Gasteiger partial charge < -0.3 is 26.6 Å². The second-order valence-electron chi connectivity index (χ2n) is 16.0. The molecular formula is C36H53N5O5S. The van der Waals surface area contributed by atoms with Crippen LogP contribution in [-0.4, -0.2) is 70.4 Å². The van der Waals surface area contributed by atoms with Crippen LogP contribution in [0.2, 0.25) is 0 Å². The fourth-order valence-corrected chi connectivity index (χ4v) is 9.01. The number of likely N-dealkylation sites (tertiary alicyclic amines) is 1. The number of hydrogen-bond acceptors (Lipinski definition) is 6. The van der Waals surface area contributed by atoms with Crippen LogP contribution >= 0.6 is 11.8 Å². The van der Waals surface area contributed by atoms with Crippen molar-refractivity contribution in [2.75, 3.05) is 12.3 Å². The first-order valence-corrected chi connectivity index (χ1v) is 18.3. The summed E-state index contributed by atoms with van der Waals surface area (Å²) in [6.07, 6.45) is 8.09. The number of amides is 5. The van der Waals surface area contributed by atoms with Crippen LogP contribution < -0.4 is 21.7 Å². The molecule has 1 saturated heterocycles. The van der Waals surface area contributed by atoms with Gasteiger partial charge in [0.1, 0.15) is 12.1 Å². The first kappa shape index (κ1) is 35.2. The number of nitrogens with one attached hydrogen (secondary N) is 3. The highest BCUT2D eigenvalue weighted by Crippen LogP contribution is 2.65. The third-order valence-corrected chi connectivity index (χ3v) is 12.1. The van der Waals surface area contributed by atoms with Gasteiger partial charge in [-0.3, -0.25) is 19.2 Å². The second kappa shape index (κ2) is 13.8. The lowest BCUT2D eigenvalue weighted by Gasteiger charge is -2.41. The van der Waals surface area contributed by atoms with Crippen molar-refractivity contribution < 1.29 is 24.0 Å². The first-order chi connectivity index (χ1) is 22.1. The van der Waals surface area contributed by atoms with E-state index in [2.05, 4.69) is 41.9 Å². The van der Waals surface area contributed by atoms with Crippen molar-refractivity contribution in [1.29, 1.82) is 0 Å². The second-order valence-corrected chi connectivity index (χ2v) is 17.2. The smallest absolute Gasteiger partial charge is 0.315 e. The molecule has 11 heteroatoms. The van der Waals surface area contributed by atoms with E-state index in [4.69, 9.17) is 5.73 Å². The molecule has 0 bridgehead atoms. The number of nitrogens with zero attached hydrogens (tertiary/aromatic N) is 1. The van der Waals surface area contributed by atoms with Crippen LogP contribution in [0.1, 0.15) is 92.4 Å². The van der Waals surface area contributed by atoms with Gasteiger partial charge in [-0.1, -0.05) is 84.9 Å². The number of thioether (sulfide) groups is 1. The fourth-order valence-electron chi connectivity index (χ4n) is 7.93. The van der Waals surface area contributed by atoms with Crippen LogP contribution in [0.3, 0.4) is 0 Å². The van der Waals surface area contributed by atoms with E-state index in [9.17, 15) is 24.0 Å². The number of rotatable bonds is 13. The minimum atomic E-state index is -1.07. The molecule has 3 saturated carbocycles. The molecule has 4 aliphatic rings. The van der Waals surface area contributed by atoms with Crippen LogP contribution in [0.25, 0.3) is 0 Å². The molecule has 47 heavy (non-hydrogen) atoms. The number of urea groups is 1. The maximum Gasteiger partial charge on any atom is 0.315 e. The molecule has 1 heterocycles. The standard InChI is InChI=1S/C36H53N5O5S/c1-34(2,3)29(39-33(46)40-36(16-10-7-11-17-36)18-19-47-23-12-8-6-9-13-23)32(45)41-21-24-26(35(24,4)5)27(41)31(44)38-25(20-22-14-15-22)28(42)30(37)43/h6,8-9,12-13,22,24-27,29H,7,10-11,14-21H2,1-5H3,(H2,37,43)(H,38,44)(H2,39,40,46)/t24?,25?,26?,27-,29+/m0/s1. The van der Waals surface area contributed by atoms with E-state index in [1.807, 2.05) is 39.0 Å². The third kappa shape index (κ3) is 8.15. The SMILES string of the molecule is CC1(C)C2CN(C(=O)[C@@H](NC(=O)NC3(CCSc4ccccc4)CCCCC3)C(C)(C)C)[C@H](C(=O)NC(CC3CC3)C(=O)C(N)=O)C21. The van der Waals surface area contributed by atoms with Gasteiger partial charge in [-0.05, 0) is 66.4 Å². The zero-order chi connectivity index (χ0) is 34.1. The van der Waals surface area contributed by atoms with Gasteiger partial charge in [0, 0.05) is 22.7 Å². The molecule has 5 rings (SSSR count). The Labute approximate surface area is 283 Å². The molecule has 0 spiro atoms. The van der Waals surface area contributed by atoms with E-state index in [0.29, 0.717) is 13.0 Å². The summed E-state index contributed by atoms with van der Waals surface area (Å²) in [7, 11) is 0. The van der Waals surface area contributed by atoms with Crippen LogP contribution in [0.5, 0.6) is 0 Å². The quantitative estimate of drug-likeness (QED) is 0.181. The fraction of sp³-hybridized carbons (Fsp3) is 0.694. The summed E-state index contributed by atoms with van der Waals surface area (Å²) in [6, 6.07) is 7.19. The van der Waals surface area contributed by atoms with E-state index in [1.54, 1.807) is 16.7 Å². The minimum Gasteiger partial charge on any atom is -0.363 e. The van der Waals surface area contributed by atoms with Crippen LogP contribution in [0, 0.1) is 28.6 Å². The molecule has 5 atom stereocenters. The number of fused-ring (bicyclic) bond motifs is 1. The topological polar surface area (TPSA) is 151 Å². The molecular weight excluding hydrogens is 614 g/mol. The summed E-state index contributed by atoms with van der Waals surface area (Å²) in [6.45, 7) is 10.3. The third-order valence-electron chi connectivity index (χ3n) is 11.1. The van der Waals surface area contributed by atoms with Gasteiger partial charge in [0.25, 0.3) is 5.91 Å². The van der Waals surface area contributed by atoms with Crippen molar-refractivity contribution >= 4 is 41.3 Å². The van der Waals surface area contributed by atoms with Crippen molar-refractivity contribution in [3.8, 4) is 0 Å². The van der Waals surface area contributed by atoms with Crippen molar-refractivity contribution in [2.24, 2.45) is 34.3 Å². The van der Waals surface area contributed by atoms with Crippen molar-refractivity contribution in [2.45, 2.75) is 121 Å². The maximum absolute atomic E-state index is 14.4. The Morgan fingerprint density at radius 2 is 1.66 bits per heavy atom. The number of benzene rings is 1. The molecule has 1 aromatic carbocycles. The van der Waals surface area contributed by atoms with Crippen molar-refractivity contribution in [1.82, 2.24) is 20.9 Å². The molecule has 10 nitrogen and oxygen atoms in total. The monoisotopic (exact) mass is 667 g/mol. The number of hydrogen-bond donors (Lipinski definition) is 4. The van der Waals surface area contributed by atoms with Gasteiger partial charge in [-0.15, -0.1) is 11.8 Å². The van der Waals surface area contributed by atoms with E-state index in [0.717, 1.165) is 57.1 Å². The Kier molecular flexibility index (Phi) is 10.3. The Morgan fingerprint density at radius 3 is 2.26 bits per heavy atom. The van der Waals surface area contributed by atoms with Gasteiger partial charge in [0.05, 0.1) is 6.04 Å². The summed E-state index contributed by atoms with van der Waals surface area (Å²) in [5.41, 5.74) is 4.19. The number of Topliss-reactive ketones (excluding diaryl/α,β-unsaturated/α-hetero) is 1. The molecule has 0 radical (unpaired) electrons. The lowest BCUT2D eigenvalue weighted by molar-refractivity contribution is -0.145. The molecule has 0 aromatic heterocycles. The van der Waals surface area contributed by atoms with Gasteiger partial charge in [-0.25, -0.2) is 4.79 Å². The highest BCUT2D eigenvalue weighted by Gasteiger charge is 2.70. The zero-order valence-electron chi connectivity index (χ0n) is 28.6. The Morgan fingerprint density at radius 1 is 1.00 bits per heavy atom. The summed E-state index contributed by atoms with van der Waals surface area (Å²) in [4.78, 5) is 69.3. The van der Waals surface area contributed by atoms with Gasteiger partial charge in [0.15, 0.2) is 0 Å². The molecule has 3 aliphatic carbocycles. The largest absolute Gasteiger partial charge is 0.363 e. The number of primary amides is 1. The number of carbonyl (C=O) groups excluding carboxylic acids is 5. The highest BCUT2D eigenvalue weighted by molar-refractivity contribution is 7.99. The number of nitrogens with two attached hydrogens (primary N) is 1. The molecule has 258 valence electrons. The summed E-state index contributed by atoms with van der Waals surface area (Å²) >= 11 is 1.78. The lowest BCUT2D eigenvalue weighted by atomic mass is 9.79. The number of piperidine rings is 1. The van der Waals surface area contributed by atoms with E-state index < -0.39 is 41.1 Å². The lowest BCUT2D eigenvalue weighted by Crippen LogP contribution is -2.63. The average Bonchev–Trinajstić information content (AvgIpc) is 3.86. The Balaban J connectivity index is 1.29. The predicted molar refractivity (Wildman–Crippen MR) is 182 cm³/mol. The number of carbonyl (C=O) groups is 5. The highest BCUT2D eigenvalue weighted by atomic mass is 32.2. The predicted octanol–water partition coefficient (Wildman–Crippen LogP) is 4.41. The summed E-state index contributed by atoms with van der Waals surface area (Å²) in [5.74, 6) is -1.45. The molecule has 1 aromatic rings. The summed E-state index contributed by atoms with van der Waals surface area (Å²) in [5, 5.41) is 9.16. The average molecular weight is 668 g/mol. The van der Waals surface area contributed by atoms with E-state index >= 15 is 0 Å². The minimum absolute atomic E-state index is 0.0845. The van der Waals surface area contributed by atoms with Gasteiger partial charge >= 0.3 is 6.03 Å². The molecule has 5 amide bonds. The first-order valence-electron chi connectivity index (χ1n) is 17.3. The Bertz CT molecular complexity index is 1350. The van der Waals surface area contributed by atoms with Gasteiger partial charge in [0.2, 0.25) is 17.6 Å². The van der Waals surface area contributed by atoms with E-state index in [1.165, 1.54) is 4.90 Å². The van der Waals surface area contributed by atoms with Crippen LogP contribution in [0.4, 0.5) is 4.79 Å². The van der Waals surface area contributed by atoms with Crippen LogP contribution in [-0.2, 0) is 19.2 Å². The molecule has 3 unspecified atom stereocenters. The van der Waals surface area contributed by atoms with Crippen molar-refractivity contribution in [3.63, 3.8) is 0 Å². The zero-order valence-corrected chi connectivity index (χ0v) is 29.4.